The first-order valence-corrected chi connectivity index (χ1v) is 15.5. The quantitative estimate of drug-likeness (QED) is 0.280. The van der Waals surface area contributed by atoms with Crippen LogP contribution in [0.3, 0.4) is 0 Å². The summed E-state index contributed by atoms with van der Waals surface area (Å²) in [6.07, 6.45) is 0.300. The van der Waals surface area contributed by atoms with Crippen molar-refractivity contribution in [2.24, 2.45) is 0 Å². The van der Waals surface area contributed by atoms with Crippen molar-refractivity contribution in [3.8, 4) is 0 Å². The molecule has 2 amide bonds. The fourth-order valence-electron chi connectivity index (χ4n) is 4.28. The van der Waals surface area contributed by atoms with Gasteiger partial charge >= 0.3 is 0 Å². The maximum Gasteiger partial charge on any atom is 0.264 e. The topological polar surface area (TPSA) is 86.8 Å². The van der Waals surface area contributed by atoms with Crippen LogP contribution in [0.4, 0.5) is 5.69 Å². The molecule has 1 atom stereocenters. The zero-order valence-electron chi connectivity index (χ0n) is 24.2. The van der Waals surface area contributed by atoms with E-state index in [4.69, 9.17) is 23.2 Å². The van der Waals surface area contributed by atoms with E-state index < -0.39 is 34.1 Å². The summed E-state index contributed by atoms with van der Waals surface area (Å²) in [6, 6.07) is 17.4. The molecule has 3 aromatic rings. The third kappa shape index (κ3) is 8.47. The summed E-state index contributed by atoms with van der Waals surface area (Å²) in [6.45, 7) is 10.6. The number of halogens is 2. The maximum atomic E-state index is 14.1. The highest BCUT2D eigenvalue weighted by Crippen LogP contribution is 2.27. The normalized spacial score (nSPS) is 12.5. The highest BCUT2D eigenvalue weighted by molar-refractivity contribution is 7.92. The van der Waals surface area contributed by atoms with E-state index in [1.807, 2.05) is 34.6 Å². The lowest BCUT2D eigenvalue weighted by Crippen LogP contribution is -2.55. The molecule has 41 heavy (non-hydrogen) atoms. The van der Waals surface area contributed by atoms with E-state index in [2.05, 4.69) is 5.32 Å². The number of aryl methyl sites for hydroxylation is 2. The lowest BCUT2D eigenvalue weighted by molar-refractivity contribution is -0.141. The van der Waals surface area contributed by atoms with Gasteiger partial charge in [-0.05, 0) is 83.0 Å². The molecule has 220 valence electrons. The lowest BCUT2D eigenvalue weighted by atomic mass is 10.1. The predicted octanol–water partition coefficient (Wildman–Crippen LogP) is 6.53. The van der Waals surface area contributed by atoms with Crippen molar-refractivity contribution in [2.75, 3.05) is 10.8 Å². The molecule has 10 heteroatoms. The van der Waals surface area contributed by atoms with Gasteiger partial charge in [0.15, 0.2) is 0 Å². The SMILES string of the molecule is CCC(C(=O)NC(C)(C)C)N(Cc1ccc(Cl)cc1Cl)C(=O)CN(c1ccc(C)cc1)S(=O)(=O)c1ccc(C)cc1. The Kier molecular flexibility index (Phi) is 10.5. The number of hydrogen-bond donors (Lipinski definition) is 1. The molecule has 0 aromatic heterocycles. The Labute approximate surface area is 253 Å². The fourth-order valence-corrected chi connectivity index (χ4v) is 6.17. The number of rotatable bonds is 10. The number of anilines is 1. The molecule has 0 aliphatic carbocycles. The van der Waals surface area contributed by atoms with E-state index >= 15 is 0 Å². The van der Waals surface area contributed by atoms with E-state index in [0.717, 1.165) is 15.4 Å². The Morgan fingerprint density at radius 3 is 1.98 bits per heavy atom. The van der Waals surface area contributed by atoms with Gasteiger partial charge in [0.05, 0.1) is 10.6 Å². The molecule has 1 unspecified atom stereocenters. The van der Waals surface area contributed by atoms with Gasteiger partial charge < -0.3 is 10.2 Å². The van der Waals surface area contributed by atoms with Crippen LogP contribution in [0.5, 0.6) is 0 Å². The molecule has 0 spiro atoms. The van der Waals surface area contributed by atoms with Crippen molar-refractivity contribution < 1.29 is 18.0 Å². The Hall–Kier alpha value is -3.07. The number of carbonyl (C=O) groups excluding carboxylic acids is 2. The summed E-state index contributed by atoms with van der Waals surface area (Å²) >= 11 is 12.6. The average Bonchev–Trinajstić information content (AvgIpc) is 2.88. The van der Waals surface area contributed by atoms with Crippen LogP contribution >= 0.6 is 23.2 Å². The van der Waals surface area contributed by atoms with Gasteiger partial charge in [-0.1, -0.05) is 71.6 Å². The molecule has 0 aliphatic heterocycles. The van der Waals surface area contributed by atoms with Gasteiger partial charge in [0.2, 0.25) is 11.8 Å². The maximum absolute atomic E-state index is 14.1. The summed E-state index contributed by atoms with van der Waals surface area (Å²) < 4.78 is 29.0. The number of benzene rings is 3. The molecule has 0 saturated carbocycles. The van der Waals surface area contributed by atoms with Gasteiger partial charge in [-0.2, -0.15) is 0 Å². The standard InChI is InChI=1S/C31H37Cl2N3O4S/c1-7-28(30(38)34-31(4,5)6)35(19-23-12-13-24(32)18-27(23)33)29(37)20-36(25-14-8-21(2)9-15-25)41(39,40)26-16-10-22(3)11-17-26/h8-18,28H,7,19-20H2,1-6H3,(H,34,38). The van der Waals surface area contributed by atoms with Crippen molar-refractivity contribution in [1.82, 2.24) is 10.2 Å². The van der Waals surface area contributed by atoms with Crippen LogP contribution < -0.4 is 9.62 Å². The second-order valence-electron chi connectivity index (χ2n) is 11.1. The summed E-state index contributed by atoms with van der Waals surface area (Å²) in [5.41, 5.74) is 2.22. The number of nitrogens with one attached hydrogen (secondary N) is 1. The highest BCUT2D eigenvalue weighted by atomic mass is 35.5. The van der Waals surface area contributed by atoms with E-state index in [-0.39, 0.29) is 17.3 Å². The Balaban J connectivity index is 2.09. The monoisotopic (exact) mass is 617 g/mol. The number of amides is 2. The molecule has 0 fully saturated rings. The van der Waals surface area contributed by atoms with Gasteiger partial charge in [0.25, 0.3) is 10.0 Å². The van der Waals surface area contributed by atoms with Gasteiger partial charge in [0, 0.05) is 22.1 Å². The van der Waals surface area contributed by atoms with E-state index in [9.17, 15) is 18.0 Å². The molecule has 3 rings (SSSR count). The molecule has 3 aromatic carbocycles. The first-order chi connectivity index (χ1) is 19.1. The summed E-state index contributed by atoms with van der Waals surface area (Å²) in [7, 11) is -4.14. The van der Waals surface area contributed by atoms with Crippen molar-refractivity contribution in [2.45, 2.75) is 71.0 Å². The van der Waals surface area contributed by atoms with Crippen LogP contribution in [-0.4, -0.2) is 43.3 Å². The minimum absolute atomic E-state index is 0.0166. The van der Waals surface area contributed by atoms with Crippen molar-refractivity contribution in [1.29, 1.82) is 0 Å². The van der Waals surface area contributed by atoms with Crippen LogP contribution in [-0.2, 0) is 26.2 Å². The summed E-state index contributed by atoms with van der Waals surface area (Å²) in [5.74, 6) is -0.898. The smallest absolute Gasteiger partial charge is 0.264 e. The Morgan fingerprint density at radius 1 is 0.902 bits per heavy atom. The van der Waals surface area contributed by atoms with Crippen molar-refractivity contribution >= 4 is 50.7 Å². The predicted molar refractivity (Wildman–Crippen MR) is 166 cm³/mol. The van der Waals surface area contributed by atoms with E-state index in [1.54, 1.807) is 61.5 Å². The first kappa shape index (κ1) is 32.4. The Morgan fingerprint density at radius 2 is 1.46 bits per heavy atom. The lowest BCUT2D eigenvalue weighted by Gasteiger charge is -2.35. The minimum atomic E-state index is -4.14. The molecule has 0 radical (unpaired) electrons. The molecular formula is C31H37Cl2N3O4S. The molecule has 0 saturated heterocycles. The van der Waals surface area contributed by atoms with Crippen LogP contribution in [0.25, 0.3) is 0 Å². The second-order valence-corrected chi connectivity index (χ2v) is 13.8. The van der Waals surface area contributed by atoms with Gasteiger partial charge in [0.1, 0.15) is 12.6 Å². The van der Waals surface area contributed by atoms with Gasteiger partial charge in [-0.3, -0.25) is 13.9 Å². The first-order valence-electron chi connectivity index (χ1n) is 13.3. The zero-order valence-corrected chi connectivity index (χ0v) is 26.6. The number of nitrogens with zero attached hydrogens (tertiary/aromatic N) is 2. The molecule has 0 heterocycles. The summed E-state index contributed by atoms with van der Waals surface area (Å²) in [5, 5.41) is 3.72. The van der Waals surface area contributed by atoms with Crippen molar-refractivity contribution in [3.05, 3.63) is 93.5 Å². The highest BCUT2D eigenvalue weighted by Gasteiger charge is 2.34. The van der Waals surface area contributed by atoms with Crippen LogP contribution in [0.15, 0.2) is 71.6 Å². The number of hydrogen-bond acceptors (Lipinski definition) is 4. The van der Waals surface area contributed by atoms with Crippen molar-refractivity contribution in [3.63, 3.8) is 0 Å². The number of carbonyl (C=O) groups is 2. The van der Waals surface area contributed by atoms with E-state index in [1.165, 1.54) is 17.0 Å². The van der Waals surface area contributed by atoms with Crippen LogP contribution in [0.2, 0.25) is 10.0 Å². The molecular weight excluding hydrogens is 581 g/mol. The molecule has 0 aliphatic rings. The van der Waals surface area contributed by atoms with Crippen LogP contribution in [0.1, 0.15) is 50.8 Å². The molecule has 1 N–H and O–H groups in total. The average molecular weight is 619 g/mol. The Bertz CT molecular complexity index is 1490. The third-order valence-corrected chi connectivity index (χ3v) is 8.82. The molecule has 7 nitrogen and oxygen atoms in total. The van der Waals surface area contributed by atoms with Gasteiger partial charge in [-0.25, -0.2) is 8.42 Å². The molecule has 0 bridgehead atoms. The third-order valence-electron chi connectivity index (χ3n) is 6.45. The van der Waals surface area contributed by atoms with E-state index in [0.29, 0.717) is 27.7 Å². The minimum Gasteiger partial charge on any atom is -0.350 e. The summed E-state index contributed by atoms with van der Waals surface area (Å²) in [4.78, 5) is 29.0. The zero-order chi connectivity index (χ0) is 30.5. The largest absolute Gasteiger partial charge is 0.350 e. The fraction of sp³-hybridized carbons (Fsp3) is 0.355. The van der Waals surface area contributed by atoms with Crippen LogP contribution in [0, 0.1) is 13.8 Å². The van der Waals surface area contributed by atoms with Gasteiger partial charge in [-0.15, -0.1) is 0 Å². The number of sulfonamides is 1. The second kappa shape index (κ2) is 13.3.